The molecule has 0 amide bonds. The van der Waals surface area contributed by atoms with Crippen LogP contribution in [0.4, 0.5) is 10.2 Å². The van der Waals surface area contributed by atoms with Crippen molar-refractivity contribution < 1.29 is 4.39 Å². The van der Waals surface area contributed by atoms with Crippen LogP contribution in [0.15, 0.2) is 16.6 Å². The molecule has 3 nitrogen and oxygen atoms in total. The predicted octanol–water partition coefficient (Wildman–Crippen LogP) is 4.36. The van der Waals surface area contributed by atoms with Crippen LogP contribution in [0.1, 0.15) is 11.4 Å². The van der Waals surface area contributed by atoms with Gasteiger partial charge in [-0.25, -0.2) is 14.4 Å². The topological polar surface area (TPSA) is 37.8 Å². The van der Waals surface area contributed by atoms with Gasteiger partial charge in [0.2, 0.25) is 0 Å². The molecule has 1 aromatic heterocycles. The van der Waals surface area contributed by atoms with E-state index < -0.39 is 5.82 Å². The van der Waals surface area contributed by atoms with Gasteiger partial charge in [-0.05, 0) is 41.9 Å². The number of anilines is 1. The first-order valence-electron chi connectivity index (χ1n) is 5.62. The Morgan fingerprint density at radius 1 is 1.26 bits per heavy atom. The van der Waals surface area contributed by atoms with Gasteiger partial charge in [-0.2, -0.15) is 0 Å². The molecule has 0 bridgehead atoms. The minimum absolute atomic E-state index is 0.0548. The molecule has 0 unspecified atom stereocenters. The zero-order valence-corrected chi connectivity index (χ0v) is 13.0. The SMILES string of the molecule is CNc1nc(C)nc(-c2ccc(Br)c(Cl)c2F)c1C. The number of benzene rings is 1. The fourth-order valence-corrected chi connectivity index (χ4v) is 2.31. The van der Waals surface area contributed by atoms with Gasteiger partial charge >= 0.3 is 0 Å². The molecule has 100 valence electrons. The number of nitrogens with one attached hydrogen (secondary N) is 1. The molecule has 1 heterocycles. The molecule has 0 aliphatic rings. The molecule has 0 atom stereocenters. The fraction of sp³-hybridized carbons (Fsp3) is 0.231. The molecule has 2 aromatic rings. The highest BCUT2D eigenvalue weighted by molar-refractivity contribution is 9.10. The molecule has 0 fully saturated rings. The molecule has 0 saturated heterocycles. The maximum Gasteiger partial charge on any atom is 0.152 e. The molecule has 0 radical (unpaired) electrons. The third-order valence-corrected chi connectivity index (χ3v) is 4.04. The van der Waals surface area contributed by atoms with Crippen molar-refractivity contribution in [1.82, 2.24) is 9.97 Å². The van der Waals surface area contributed by atoms with Crippen LogP contribution in [-0.4, -0.2) is 17.0 Å². The van der Waals surface area contributed by atoms with Gasteiger partial charge < -0.3 is 5.32 Å². The van der Waals surface area contributed by atoms with Crippen LogP contribution in [0, 0.1) is 19.7 Å². The van der Waals surface area contributed by atoms with E-state index in [1.165, 1.54) is 0 Å². The zero-order chi connectivity index (χ0) is 14.2. The summed E-state index contributed by atoms with van der Waals surface area (Å²) in [4.78, 5) is 8.58. The molecule has 1 aromatic carbocycles. The second kappa shape index (κ2) is 5.43. The third-order valence-electron chi connectivity index (χ3n) is 2.78. The second-order valence-electron chi connectivity index (χ2n) is 4.07. The molecule has 19 heavy (non-hydrogen) atoms. The lowest BCUT2D eigenvalue weighted by atomic mass is 10.1. The molecule has 1 N–H and O–H groups in total. The van der Waals surface area contributed by atoms with Gasteiger partial charge in [0.25, 0.3) is 0 Å². The van der Waals surface area contributed by atoms with E-state index in [0.29, 0.717) is 27.4 Å². The highest BCUT2D eigenvalue weighted by Crippen LogP contribution is 2.34. The van der Waals surface area contributed by atoms with E-state index in [1.807, 2.05) is 6.92 Å². The molecule has 0 saturated carbocycles. The van der Waals surface area contributed by atoms with Gasteiger partial charge in [0.05, 0.1) is 10.7 Å². The summed E-state index contributed by atoms with van der Waals surface area (Å²) in [5.74, 6) is 0.767. The predicted molar refractivity (Wildman–Crippen MR) is 79.2 cm³/mol. The van der Waals surface area contributed by atoms with E-state index in [9.17, 15) is 4.39 Å². The maximum atomic E-state index is 14.3. The normalized spacial score (nSPS) is 10.6. The Morgan fingerprint density at radius 2 is 1.95 bits per heavy atom. The summed E-state index contributed by atoms with van der Waals surface area (Å²) in [6.45, 7) is 3.61. The van der Waals surface area contributed by atoms with Crippen molar-refractivity contribution in [3.63, 3.8) is 0 Å². The molecule has 0 aliphatic heterocycles. The van der Waals surface area contributed by atoms with Crippen LogP contribution < -0.4 is 5.32 Å². The summed E-state index contributed by atoms with van der Waals surface area (Å²) in [6.07, 6.45) is 0. The van der Waals surface area contributed by atoms with E-state index in [-0.39, 0.29) is 5.02 Å². The first-order valence-corrected chi connectivity index (χ1v) is 6.79. The Balaban J connectivity index is 2.72. The lowest BCUT2D eigenvalue weighted by Crippen LogP contribution is -2.03. The Bertz CT molecular complexity index is 646. The van der Waals surface area contributed by atoms with E-state index in [0.717, 1.165) is 5.56 Å². The van der Waals surface area contributed by atoms with Crippen LogP contribution >= 0.6 is 27.5 Å². The largest absolute Gasteiger partial charge is 0.373 e. The van der Waals surface area contributed by atoms with Crippen molar-refractivity contribution in [3.8, 4) is 11.3 Å². The van der Waals surface area contributed by atoms with Crippen molar-refractivity contribution >= 4 is 33.3 Å². The van der Waals surface area contributed by atoms with Gasteiger partial charge in [-0.1, -0.05) is 11.6 Å². The highest BCUT2D eigenvalue weighted by Gasteiger charge is 2.17. The number of nitrogens with zero attached hydrogens (tertiary/aromatic N) is 2. The number of aryl methyl sites for hydroxylation is 1. The first-order chi connectivity index (χ1) is 8.95. The maximum absolute atomic E-state index is 14.3. The zero-order valence-electron chi connectivity index (χ0n) is 10.7. The lowest BCUT2D eigenvalue weighted by Gasteiger charge is -2.12. The number of hydrogen-bond acceptors (Lipinski definition) is 3. The minimum Gasteiger partial charge on any atom is -0.373 e. The van der Waals surface area contributed by atoms with Gasteiger partial charge in [-0.3, -0.25) is 0 Å². The monoisotopic (exact) mass is 343 g/mol. The van der Waals surface area contributed by atoms with Gasteiger partial charge in [0.15, 0.2) is 5.82 Å². The average molecular weight is 345 g/mol. The number of aromatic nitrogens is 2. The molecule has 0 spiro atoms. The van der Waals surface area contributed by atoms with Crippen molar-refractivity contribution in [2.24, 2.45) is 0 Å². The van der Waals surface area contributed by atoms with Crippen molar-refractivity contribution in [2.75, 3.05) is 12.4 Å². The van der Waals surface area contributed by atoms with Crippen LogP contribution in [0.5, 0.6) is 0 Å². The van der Waals surface area contributed by atoms with Crippen LogP contribution in [-0.2, 0) is 0 Å². The first kappa shape index (κ1) is 14.2. The Labute approximate surface area is 124 Å². The van der Waals surface area contributed by atoms with Crippen LogP contribution in [0.3, 0.4) is 0 Å². The minimum atomic E-state index is -0.487. The van der Waals surface area contributed by atoms with Gasteiger partial charge in [0.1, 0.15) is 11.6 Å². The fourth-order valence-electron chi connectivity index (χ4n) is 1.84. The van der Waals surface area contributed by atoms with E-state index in [4.69, 9.17) is 11.6 Å². The quantitative estimate of drug-likeness (QED) is 0.823. The van der Waals surface area contributed by atoms with E-state index in [2.05, 4.69) is 31.2 Å². The van der Waals surface area contributed by atoms with Crippen LogP contribution in [0.2, 0.25) is 5.02 Å². The highest BCUT2D eigenvalue weighted by atomic mass is 79.9. The third kappa shape index (κ3) is 2.58. The van der Waals surface area contributed by atoms with Gasteiger partial charge in [-0.15, -0.1) is 0 Å². The Kier molecular flexibility index (Phi) is 4.06. The van der Waals surface area contributed by atoms with Crippen molar-refractivity contribution in [3.05, 3.63) is 38.8 Å². The summed E-state index contributed by atoms with van der Waals surface area (Å²) >= 11 is 9.11. The average Bonchev–Trinajstić information content (AvgIpc) is 2.39. The molecular formula is C13H12BrClFN3. The Hall–Kier alpha value is -1.20. The van der Waals surface area contributed by atoms with Crippen molar-refractivity contribution in [2.45, 2.75) is 13.8 Å². The second-order valence-corrected chi connectivity index (χ2v) is 5.30. The summed E-state index contributed by atoms with van der Waals surface area (Å²) < 4.78 is 14.8. The number of halogens is 3. The summed E-state index contributed by atoms with van der Waals surface area (Å²) in [6, 6.07) is 3.36. The van der Waals surface area contributed by atoms with E-state index >= 15 is 0 Å². The summed E-state index contributed by atoms with van der Waals surface area (Å²) in [5, 5.41) is 3.03. The van der Waals surface area contributed by atoms with E-state index in [1.54, 1.807) is 26.1 Å². The number of hydrogen-bond donors (Lipinski definition) is 1. The summed E-state index contributed by atoms with van der Waals surface area (Å²) in [5.41, 5.74) is 1.70. The summed E-state index contributed by atoms with van der Waals surface area (Å²) in [7, 11) is 1.77. The molecule has 0 aliphatic carbocycles. The smallest absolute Gasteiger partial charge is 0.152 e. The van der Waals surface area contributed by atoms with Gasteiger partial charge in [0, 0.05) is 22.6 Å². The molecule has 6 heteroatoms. The molecular weight excluding hydrogens is 333 g/mol. The number of rotatable bonds is 2. The standard InChI is InChI=1S/C13H12BrClFN3/c1-6-12(18-7(2)19-13(6)17-3)8-4-5-9(14)10(15)11(8)16/h4-5H,1-3H3,(H,17,18,19). The lowest BCUT2D eigenvalue weighted by molar-refractivity contribution is 0.630. The molecule has 2 rings (SSSR count). The van der Waals surface area contributed by atoms with Crippen LogP contribution in [0.25, 0.3) is 11.3 Å². The Morgan fingerprint density at radius 3 is 2.58 bits per heavy atom. The van der Waals surface area contributed by atoms with Crippen molar-refractivity contribution in [1.29, 1.82) is 0 Å².